The summed E-state index contributed by atoms with van der Waals surface area (Å²) in [6.07, 6.45) is 6.01. The fraction of sp³-hybridized carbons (Fsp3) is 0.611. The number of amides is 1. The molecule has 3 heterocycles. The van der Waals surface area contributed by atoms with E-state index in [1.54, 1.807) is 12.1 Å². The summed E-state index contributed by atoms with van der Waals surface area (Å²) in [5, 5.41) is 3.42. The van der Waals surface area contributed by atoms with Gasteiger partial charge in [0.05, 0.1) is 11.9 Å². The van der Waals surface area contributed by atoms with Crippen LogP contribution in [-0.4, -0.2) is 57.2 Å². The summed E-state index contributed by atoms with van der Waals surface area (Å²) in [4.78, 5) is 15.2. The highest BCUT2D eigenvalue weighted by atomic mass is 35.5. The van der Waals surface area contributed by atoms with Crippen LogP contribution in [0.1, 0.15) is 41.6 Å². The van der Waals surface area contributed by atoms with Gasteiger partial charge in [-0.05, 0) is 62.4 Å². The highest BCUT2D eigenvalue weighted by Gasteiger charge is 2.38. The van der Waals surface area contributed by atoms with E-state index in [9.17, 15) is 13.2 Å². The number of hydrogen-bond donors (Lipinski definition) is 1. The van der Waals surface area contributed by atoms with Crippen LogP contribution in [0.4, 0.5) is 5.69 Å². The molecule has 8 heteroatoms. The Morgan fingerprint density at radius 2 is 1.96 bits per heavy atom. The smallest absolute Gasteiger partial charge is 0.254 e. The average Bonchev–Trinajstić information content (AvgIpc) is 2.85. The van der Waals surface area contributed by atoms with E-state index in [-0.39, 0.29) is 24.4 Å². The normalized spacial score (nSPS) is 25.3. The Kier molecular flexibility index (Phi) is 5.51. The minimum absolute atomic E-state index is 0. The summed E-state index contributed by atoms with van der Waals surface area (Å²) < 4.78 is 25.4. The third-order valence-electron chi connectivity index (χ3n) is 5.69. The minimum Gasteiger partial charge on any atom is -0.331 e. The van der Waals surface area contributed by atoms with E-state index in [0.717, 1.165) is 56.4 Å². The second-order valence-corrected chi connectivity index (χ2v) is 9.28. The monoisotopic (exact) mass is 399 g/mol. The number of fused-ring (bicyclic) bond motifs is 3. The molecule has 1 amide bonds. The topological polar surface area (TPSA) is 69.7 Å². The van der Waals surface area contributed by atoms with Crippen LogP contribution in [0.3, 0.4) is 0 Å². The Morgan fingerprint density at radius 1 is 1.19 bits per heavy atom. The van der Waals surface area contributed by atoms with Crippen LogP contribution >= 0.6 is 12.4 Å². The molecule has 3 aliphatic heterocycles. The lowest BCUT2D eigenvalue weighted by Crippen LogP contribution is -2.42. The minimum atomic E-state index is -3.28. The second-order valence-electron chi connectivity index (χ2n) is 7.37. The molecule has 1 aromatic rings. The Labute approximate surface area is 161 Å². The van der Waals surface area contributed by atoms with Crippen molar-refractivity contribution in [1.29, 1.82) is 0 Å². The highest BCUT2D eigenvalue weighted by Crippen LogP contribution is 2.33. The number of nitrogens with zero attached hydrogens (tertiary/aromatic N) is 2. The van der Waals surface area contributed by atoms with Crippen LogP contribution in [0.5, 0.6) is 0 Å². The molecule has 0 radical (unpaired) electrons. The lowest BCUT2D eigenvalue weighted by molar-refractivity contribution is 0.0680. The second kappa shape index (κ2) is 7.37. The fourth-order valence-corrected chi connectivity index (χ4v) is 5.50. The molecular weight excluding hydrogens is 374 g/mol. The number of aryl methyl sites for hydroxylation is 1. The molecular formula is C18H26ClN3O3S. The Balaban J connectivity index is 0.00000196. The van der Waals surface area contributed by atoms with Gasteiger partial charge in [-0.25, -0.2) is 8.42 Å². The summed E-state index contributed by atoms with van der Waals surface area (Å²) in [5.41, 5.74) is 2.38. The maximum atomic E-state index is 13.1. The summed E-state index contributed by atoms with van der Waals surface area (Å²) in [6.45, 7) is 2.36. The first kappa shape index (κ1) is 19.5. The van der Waals surface area contributed by atoms with Gasteiger partial charge in [-0.1, -0.05) is 0 Å². The van der Waals surface area contributed by atoms with Crippen LogP contribution in [0.2, 0.25) is 0 Å². The molecule has 4 rings (SSSR count). The Hall–Kier alpha value is -1.31. The van der Waals surface area contributed by atoms with Gasteiger partial charge in [-0.3, -0.25) is 9.10 Å². The molecule has 0 aliphatic carbocycles. The molecule has 2 atom stereocenters. The zero-order chi connectivity index (χ0) is 17.6. The van der Waals surface area contributed by atoms with Gasteiger partial charge in [0.15, 0.2) is 0 Å². The van der Waals surface area contributed by atoms with Gasteiger partial charge in [-0.15, -0.1) is 12.4 Å². The summed E-state index contributed by atoms with van der Waals surface area (Å²) in [5.74, 6) is 0.0930. The van der Waals surface area contributed by atoms with E-state index in [1.165, 1.54) is 10.6 Å². The first-order chi connectivity index (χ1) is 11.9. The van der Waals surface area contributed by atoms with E-state index in [0.29, 0.717) is 18.2 Å². The van der Waals surface area contributed by atoms with Gasteiger partial charge < -0.3 is 10.2 Å². The number of sulfonamides is 1. The van der Waals surface area contributed by atoms with E-state index < -0.39 is 10.0 Å². The van der Waals surface area contributed by atoms with Crippen molar-refractivity contribution in [2.45, 2.75) is 44.2 Å². The van der Waals surface area contributed by atoms with Gasteiger partial charge in [0.25, 0.3) is 5.91 Å². The van der Waals surface area contributed by atoms with Gasteiger partial charge in [0.2, 0.25) is 10.0 Å². The van der Waals surface area contributed by atoms with Crippen molar-refractivity contribution in [3.63, 3.8) is 0 Å². The Bertz CT molecular complexity index is 785. The molecule has 0 spiro atoms. The van der Waals surface area contributed by atoms with Crippen molar-refractivity contribution >= 4 is 34.0 Å². The molecule has 144 valence electrons. The zero-order valence-corrected chi connectivity index (χ0v) is 16.6. The lowest BCUT2D eigenvalue weighted by Gasteiger charge is -2.31. The third-order valence-corrected chi connectivity index (χ3v) is 6.87. The quantitative estimate of drug-likeness (QED) is 0.823. The number of benzene rings is 1. The molecule has 2 bridgehead atoms. The number of hydrogen-bond acceptors (Lipinski definition) is 4. The van der Waals surface area contributed by atoms with Gasteiger partial charge >= 0.3 is 0 Å². The Morgan fingerprint density at radius 3 is 2.73 bits per heavy atom. The van der Waals surface area contributed by atoms with Crippen molar-refractivity contribution in [3.05, 3.63) is 29.3 Å². The molecule has 0 aromatic heterocycles. The predicted molar refractivity (Wildman–Crippen MR) is 105 cm³/mol. The maximum Gasteiger partial charge on any atom is 0.254 e. The number of anilines is 1. The molecule has 1 N–H and O–H groups in total. The first-order valence-corrected chi connectivity index (χ1v) is 10.9. The molecule has 26 heavy (non-hydrogen) atoms. The number of carbonyl (C=O) groups excluding carboxylic acids is 1. The third kappa shape index (κ3) is 3.44. The van der Waals surface area contributed by atoms with E-state index in [4.69, 9.17) is 0 Å². The van der Waals surface area contributed by atoms with Crippen LogP contribution in [-0.2, 0) is 16.4 Å². The maximum absolute atomic E-state index is 13.1. The SMILES string of the molecule is CS(=O)(=O)N1CCCc2cc(C(=O)N3C4CCNCC3CC4)ccc21.Cl. The zero-order valence-electron chi connectivity index (χ0n) is 15.0. The van der Waals surface area contributed by atoms with Crippen molar-refractivity contribution in [2.75, 3.05) is 30.2 Å². The van der Waals surface area contributed by atoms with Crippen LogP contribution < -0.4 is 9.62 Å². The summed E-state index contributed by atoms with van der Waals surface area (Å²) in [6, 6.07) is 6.12. The number of rotatable bonds is 2. The van der Waals surface area contributed by atoms with Crippen LogP contribution in [0.25, 0.3) is 0 Å². The van der Waals surface area contributed by atoms with Gasteiger partial charge in [0, 0.05) is 30.7 Å². The molecule has 1 aromatic carbocycles. The van der Waals surface area contributed by atoms with Crippen LogP contribution in [0, 0.1) is 0 Å². The van der Waals surface area contributed by atoms with Crippen molar-refractivity contribution in [3.8, 4) is 0 Å². The average molecular weight is 400 g/mol. The van der Waals surface area contributed by atoms with Gasteiger partial charge in [0.1, 0.15) is 0 Å². The first-order valence-electron chi connectivity index (χ1n) is 9.09. The van der Waals surface area contributed by atoms with Crippen molar-refractivity contribution in [1.82, 2.24) is 10.2 Å². The van der Waals surface area contributed by atoms with Crippen molar-refractivity contribution in [2.24, 2.45) is 0 Å². The largest absolute Gasteiger partial charge is 0.331 e. The molecule has 2 fully saturated rings. The molecule has 3 aliphatic rings. The summed E-state index contributed by atoms with van der Waals surface area (Å²) >= 11 is 0. The number of halogens is 1. The lowest BCUT2D eigenvalue weighted by atomic mass is 10.00. The fourth-order valence-electron chi connectivity index (χ4n) is 4.50. The molecule has 0 saturated carbocycles. The number of carbonyl (C=O) groups is 1. The van der Waals surface area contributed by atoms with E-state index >= 15 is 0 Å². The molecule has 2 unspecified atom stereocenters. The predicted octanol–water partition coefficient (Wildman–Crippen LogP) is 1.79. The molecule has 6 nitrogen and oxygen atoms in total. The van der Waals surface area contributed by atoms with E-state index in [2.05, 4.69) is 10.2 Å². The van der Waals surface area contributed by atoms with Gasteiger partial charge in [-0.2, -0.15) is 0 Å². The molecule has 2 saturated heterocycles. The van der Waals surface area contributed by atoms with E-state index in [1.807, 2.05) is 6.07 Å². The highest BCUT2D eigenvalue weighted by molar-refractivity contribution is 7.92. The number of nitrogens with one attached hydrogen (secondary N) is 1. The van der Waals surface area contributed by atoms with Crippen molar-refractivity contribution < 1.29 is 13.2 Å². The van der Waals surface area contributed by atoms with Crippen LogP contribution in [0.15, 0.2) is 18.2 Å². The standard InChI is InChI=1S/C18H25N3O3S.ClH/c1-25(23,24)20-10-2-3-13-11-14(4-7-17(13)20)18(22)21-15-5-6-16(21)12-19-9-8-15;/h4,7,11,15-16,19H,2-3,5-6,8-10,12H2,1H3;1H. The summed E-state index contributed by atoms with van der Waals surface area (Å²) in [7, 11) is -3.28.